The lowest BCUT2D eigenvalue weighted by molar-refractivity contribution is 0.0972. The first kappa shape index (κ1) is 18.6. The second-order valence-corrected chi connectivity index (χ2v) is 7.48. The summed E-state index contributed by atoms with van der Waals surface area (Å²) in [7, 11) is 0. The highest BCUT2D eigenvalue weighted by Gasteiger charge is 2.20. The molecule has 3 aromatic carbocycles. The molecule has 2 atom stereocenters. The van der Waals surface area contributed by atoms with Gasteiger partial charge in [-0.05, 0) is 47.2 Å². The Balaban J connectivity index is 1.34. The van der Waals surface area contributed by atoms with Gasteiger partial charge in [-0.1, -0.05) is 66.7 Å². The van der Waals surface area contributed by atoms with E-state index in [-0.39, 0.29) is 11.8 Å². The topological polar surface area (TPSA) is 49.3 Å². The van der Waals surface area contributed by atoms with E-state index in [2.05, 4.69) is 35.6 Å². The average Bonchev–Trinajstić information content (AvgIpc) is 3.11. The molecule has 0 saturated carbocycles. The molecular weight excluding hydrogens is 346 g/mol. The molecule has 3 nitrogen and oxygen atoms in total. The van der Waals surface area contributed by atoms with E-state index in [1.807, 2.05) is 49.4 Å². The fourth-order valence-corrected chi connectivity index (χ4v) is 3.93. The van der Waals surface area contributed by atoms with Crippen LogP contribution < -0.4 is 5.32 Å². The summed E-state index contributed by atoms with van der Waals surface area (Å²) in [6.45, 7) is 2.48. The zero-order valence-corrected chi connectivity index (χ0v) is 16.1. The van der Waals surface area contributed by atoms with Crippen LogP contribution in [0.15, 0.2) is 72.8 Å². The SMILES string of the molecule is CC(NCCC(=O)c1ccc2c(c1)Cc1ccccc1-2)C(O)c1ccccc1. The molecule has 28 heavy (non-hydrogen) atoms. The van der Waals surface area contributed by atoms with Crippen molar-refractivity contribution >= 4 is 5.78 Å². The normalized spacial score (nSPS) is 14.2. The zero-order chi connectivity index (χ0) is 19.5. The van der Waals surface area contributed by atoms with Crippen LogP contribution in [-0.4, -0.2) is 23.5 Å². The predicted octanol–water partition coefficient (Wildman–Crippen LogP) is 4.54. The second kappa shape index (κ2) is 8.09. The summed E-state index contributed by atoms with van der Waals surface area (Å²) >= 11 is 0. The first-order chi connectivity index (χ1) is 13.6. The van der Waals surface area contributed by atoms with E-state index in [1.54, 1.807) is 0 Å². The lowest BCUT2D eigenvalue weighted by Gasteiger charge is -2.20. The minimum atomic E-state index is -0.588. The Kier molecular flexibility index (Phi) is 5.38. The van der Waals surface area contributed by atoms with Gasteiger partial charge in [0.2, 0.25) is 0 Å². The van der Waals surface area contributed by atoms with Crippen LogP contribution in [0.3, 0.4) is 0 Å². The molecule has 2 N–H and O–H groups in total. The Morgan fingerprint density at radius 1 is 0.964 bits per heavy atom. The van der Waals surface area contributed by atoms with Gasteiger partial charge < -0.3 is 10.4 Å². The van der Waals surface area contributed by atoms with E-state index in [0.717, 1.165) is 17.5 Å². The van der Waals surface area contributed by atoms with Crippen molar-refractivity contribution in [3.63, 3.8) is 0 Å². The summed E-state index contributed by atoms with van der Waals surface area (Å²) in [5, 5.41) is 13.7. The van der Waals surface area contributed by atoms with Crippen LogP contribution in [0.1, 0.15) is 46.5 Å². The predicted molar refractivity (Wildman–Crippen MR) is 112 cm³/mol. The summed E-state index contributed by atoms with van der Waals surface area (Å²) in [6, 6.07) is 23.9. The van der Waals surface area contributed by atoms with Crippen LogP contribution >= 0.6 is 0 Å². The van der Waals surface area contributed by atoms with Crippen molar-refractivity contribution in [2.24, 2.45) is 0 Å². The number of hydrogen-bond donors (Lipinski definition) is 2. The van der Waals surface area contributed by atoms with Gasteiger partial charge in [-0.25, -0.2) is 0 Å². The number of Topliss-reactive ketones (excluding diaryl/α,β-unsaturated/α-hetero) is 1. The lowest BCUT2D eigenvalue weighted by atomic mass is 10.00. The number of carbonyl (C=O) groups is 1. The Morgan fingerprint density at radius 3 is 2.50 bits per heavy atom. The molecule has 0 saturated heterocycles. The molecule has 0 fully saturated rings. The molecule has 142 valence electrons. The number of fused-ring (bicyclic) bond motifs is 3. The van der Waals surface area contributed by atoms with Crippen LogP contribution in [0.5, 0.6) is 0 Å². The Bertz CT molecular complexity index is 981. The van der Waals surface area contributed by atoms with Crippen molar-refractivity contribution in [1.29, 1.82) is 0 Å². The molecule has 0 aliphatic heterocycles. The molecule has 4 rings (SSSR count). The first-order valence-corrected chi connectivity index (χ1v) is 9.84. The summed E-state index contributed by atoms with van der Waals surface area (Å²) in [5.74, 6) is 0.132. The Hall–Kier alpha value is -2.75. The summed E-state index contributed by atoms with van der Waals surface area (Å²) in [6.07, 6.45) is 0.720. The summed E-state index contributed by atoms with van der Waals surface area (Å²) < 4.78 is 0. The zero-order valence-electron chi connectivity index (χ0n) is 16.1. The third-order valence-electron chi connectivity index (χ3n) is 5.55. The average molecular weight is 371 g/mol. The number of nitrogens with one attached hydrogen (secondary N) is 1. The van der Waals surface area contributed by atoms with Crippen molar-refractivity contribution in [2.45, 2.75) is 31.9 Å². The van der Waals surface area contributed by atoms with Crippen molar-refractivity contribution in [1.82, 2.24) is 5.32 Å². The maximum absolute atomic E-state index is 12.6. The summed E-state index contributed by atoms with van der Waals surface area (Å²) in [5.41, 5.74) is 6.73. The van der Waals surface area contributed by atoms with E-state index in [0.29, 0.717) is 13.0 Å². The molecule has 0 spiro atoms. The molecule has 0 amide bonds. The van der Waals surface area contributed by atoms with Gasteiger partial charge in [0.1, 0.15) is 0 Å². The van der Waals surface area contributed by atoms with Gasteiger partial charge in [0.25, 0.3) is 0 Å². The van der Waals surface area contributed by atoms with Gasteiger partial charge in [0.05, 0.1) is 6.10 Å². The van der Waals surface area contributed by atoms with E-state index < -0.39 is 6.10 Å². The highest BCUT2D eigenvalue weighted by molar-refractivity contribution is 5.97. The second-order valence-electron chi connectivity index (χ2n) is 7.48. The third-order valence-corrected chi connectivity index (χ3v) is 5.55. The minimum absolute atomic E-state index is 0.121. The number of ketones is 1. The number of benzene rings is 3. The van der Waals surface area contributed by atoms with Gasteiger partial charge in [0.15, 0.2) is 5.78 Å². The van der Waals surface area contributed by atoms with Crippen molar-refractivity contribution in [3.8, 4) is 11.1 Å². The molecule has 1 aliphatic carbocycles. The van der Waals surface area contributed by atoms with E-state index in [9.17, 15) is 9.90 Å². The van der Waals surface area contributed by atoms with E-state index in [1.165, 1.54) is 22.3 Å². The van der Waals surface area contributed by atoms with Crippen molar-refractivity contribution in [2.75, 3.05) is 6.54 Å². The molecule has 3 heteroatoms. The Labute approximate surface area is 166 Å². The van der Waals surface area contributed by atoms with Gasteiger partial charge in [0, 0.05) is 24.6 Å². The molecule has 0 aromatic heterocycles. The molecule has 0 heterocycles. The van der Waals surface area contributed by atoms with Gasteiger partial charge in [-0.3, -0.25) is 4.79 Å². The molecule has 0 bridgehead atoms. The largest absolute Gasteiger partial charge is 0.387 e. The molecule has 0 radical (unpaired) electrons. The molecule has 1 aliphatic rings. The van der Waals surface area contributed by atoms with E-state index in [4.69, 9.17) is 0 Å². The Morgan fingerprint density at radius 2 is 1.68 bits per heavy atom. The monoisotopic (exact) mass is 371 g/mol. The third kappa shape index (κ3) is 3.77. The number of carbonyl (C=O) groups excluding carboxylic acids is 1. The highest BCUT2D eigenvalue weighted by Crippen LogP contribution is 2.36. The quantitative estimate of drug-likeness (QED) is 0.469. The number of aliphatic hydroxyl groups is 1. The van der Waals surface area contributed by atoms with Crippen LogP contribution in [0, 0.1) is 0 Å². The molecule has 3 aromatic rings. The first-order valence-electron chi connectivity index (χ1n) is 9.84. The maximum Gasteiger partial charge on any atom is 0.164 e. The van der Waals surface area contributed by atoms with Gasteiger partial charge in [-0.2, -0.15) is 0 Å². The van der Waals surface area contributed by atoms with Crippen LogP contribution in [0.2, 0.25) is 0 Å². The van der Waals surface area contributed by atoms with Crippen molar-refractivity contribution < 1.29 is 9.90 Å². The van der Waals surface area contributed by atoms with Crippen molar-refractivity contribution in [3.05, 3.63) is 95.1 Å². The van der Waals surface area contributed by atoms with Gasteiger partial charge >= 0.3 is 0 Å². The maximum atomic E-state index is 12.6. The summed E-state index contributed by atoms with van der Waals surface area (Å²) in [4.78, 5) is 12.6. The molecule has 2 unspecified atom stereocenters. The lowest BCUT2D eigenvalue weighted by Crippen LogP contribution is -2.33. The number of aliphatic hydroxyl groups excluding tert-OH is 1. The fourth-order valence-electron chi connectivity index (χ4n) is 3.93. The smallest absolute Gasteiger partial charge is 0.164 e. The minimum Gasteiger partial charge on any atom is -0.387 e. The fraction of sp³-hybridized carbons (Fsp3) is 0.240. The van der Waals surface area contributed by atoms with Crippen LogP contribution in [0.25, 0.3) is 11.1 Å². The number of hydrogen-bond acceptors (Lipinski definition) is 3. The highest BCUT2D eigenvalue weighted by atomic mass is 16.3. The van der Waals surface area contributed by atoms with Crippen LogP contribution in [0.4, 0.5) is 0 Å². The van der Waals surface area contributed by atoms with Crippen LogP contribution in [-0.2, 0) is 6.42 Å². The molecular formula is C25H25NO2. The van der Waals surface area contributed by atoms with E-state index >= 15 is 0 Å². The standard InChI is InChI=1S/C25H25NO2/c1-17(25(28)18-7-3-2-4-8-18)26-14-13-24(27)20-11-12-23-21(16-20)15-19-9-5-6-10-22(19)23/h2-12,16-17,25-26,28H,13-15H2,1H3. The number of rotatable bonds is 7. The van der Waals surface area contributed by atoms with Gasteiger partial charge in [-0.15, -0.1) is 0 Å².